The van der Waals surface area contributed by atoms with Crippen LogP contribution >= 0.6 is 0 Å². The predicted octanol–water partition coefficient (Wildman–Crippen LogP) is 4.65. The highest BCUT2D eigenvalue weighted by molar-refractivity contribution is 5.95. The fourth-order valence-electron chi connectivity index (χ4n) is 2.84. The number of nitrogens with zero attached hydrogens (tertiary/aromatic N) is 1. The largest absolute Gasteiger partial charge is 0.493 e. The monoisotopic (exact) mass is 388 g/mol. The zero-order chi connectivity index (χ0) is 20.6. The van der Waals surface area contributed by atoms with E-state index >= 15 is 0 Å². The summed E-state index contributed by atoms with van der Waals surface area (Å²) in [7, 11) is 1.59. The van der Waals surface area contributed by atoms with Crippen LogP contribution in [0.2, 0.25) is 0 Å². The molecule has 0 saturated heterocycles. The predicted molar refractivity (Wildman–Crippen MR) is 115 cm³/mol. The first-order valence-corrected chi connectivity index (χ1v) is 9.32. The van der Waals surface area contributed by atoms with E-state index in [2.05, 4.69) is 16.6 Å². The molecule has 0 aliphatic carbocycles. The first-order valence-electron chi connectivity index (χ1n) is 9.32. The number of rotatable bonds is 7. The highest BCUT2D eigenvalue weighted by atomic mass is 16.5. The minimum atomic E-state index is -0.272. The Balaban J connectivity index is 1.73. The molecule has 0 aliphatic rings. The van der Waals surface area contributed by atoms with Crippen LogP contribution < -0.4 is 14.9 Å². The van der Waals surface area contributed by atoms with Gasteiger partial charge in [-0.25, -0.2) is 5.43 Å². The SMILES string of the molecule is COc1cccc(/C=N\NC(=O)c2ccc(C)cc2)c1OCc1cccc(C)c1. The molecule has 0 saturated carbocycles. The highest BCUT2D eigenvalue weighted by Gasteiger charge is 2.10. The minimum Gasteiger partial charge on any atom is -0.493 e. The number of hydrazone groups is 1. The van der Waals surface area contributed by atoms with Crippen molar-refractivity contribution in [2.45, 2.75) is 20.5 Å². The topological polar surface area (TPSA) is 59.9 Å². The van der Waals surface area contributed by atoms with Crippen LogP contribution in [-0.4, -0.2) is 19.2 Å². The maximum absolute atomic E-state index is 12.2. The van der Waals surface area contributed by atoms with E-state index in [1.807, 2.05) is 62.4 Å². The maximum Gasteiger partial charge on any atom is 0.271 e. The van der Waals surface area contributed by atoms with Crippen LogP contribution in [0, 0.1) is 13.8 Å². The molecule has 0 aliphatic heterocycles. The van der Waals surface area contributed by atoms with Crippen molar-refractivity contribution < 1.29 is 14.3 Å². The molecule has 0 heterocycles. The molecule has 1 amide bonds. The van der Waals surface area contributed by atoms with Crippen LogP contribution in [0.3, 0.4) is 0 Å². The van der Waals surface area contributed by atoms with E-state index in [-0.39, 0.29) is 5.91 Å². The van der Waals surface area contributed by atoms with Gasteiger partial charge >= 0.3 is 0 Å². The Morgan fingerprint density at radius 3 is 2.48 bits per heavy atom. The van der Waals surface area contributed by atoms with E-state index in [1.165, 1.54) is 5.56 Å². The maximum atomic E-state index is 12.2. The van der Waals surface area contributed by atoms with E-state index in [9.17, 15) is 4.79 Å². The zero-order valence-electron chi connectivity index (χ0n) is 16.8. The van der Waals surface area contributed by atoms with Gasteiger partial charge in [-0.15, -0.1) is 0 Å². The van der Waals surface area contributed by atoms with Gasteiger partial charge in [-0.05, 0) is 43.7 Å². The van der Waals surface area contributed by atoms with Crippen molar-refractivity contribution in [3.05, 3.63) is 94.5 Å². The molecule has 5 heteroatoms. The van der Waals surface area contributed by atoms with Crippen molar-refractivity contribution in [2.75, 3.05) is 7.11 Å². The third kappa shape index (κ3) is 5.45. The van der Waals surface area contributed by atoms with E-state index in [1.54, 1.807) is 25.5 Å². The van der Waals surface area contributed by atoms with Crippen LogP contribution in [0.1, 0.15) is 32.6 Å². The second-order valence-electron chi connectivity index (χ2n) is 6.72. The van der Waals surface area contributed by atoms with Crippen LogP contribution in [0.25, 0.3) is 0 Å². The quantitative estimate of drug-likeness (QED) is 0.473. The molecule has 5 nitrogen and oxygen atoms in total. The fraction of sp³-hybridized carbons (Fsp3) is 0.167. The van der Waals surface area contributed by atoms with E-state index in [0.29, 0.717) is 29.2 Å². The summed E-state index contributed by atoms with van der Waals surface area (Å²) >= 11 is 0. The lowest BCUT2D eigenvalue weighted by molar-refractivity contribution is 0.0955. The minimum absolute atomic E-state index is 0.272. The average Bonchev–Trinajstić information content (AvgIpc) is 2.73. The van der Waals surface area contributed by atoms with Crippen LogP contribution in [-0.2, 0) is 6.61 Å². The van der Waals surface area contributed by atoms with Crippen molar-refractivity contribution in [3.8, 4) is 11.5 Å². The molecule has 29 heavy (non-hydrogen) atoms. The van der Waals surface area contributed by atoms with Gasteiger partial charge in [-0.2, -0.15) is 5.10 Å². The second-order valence-corrected chi connectivity index (χ2v) is 6.72. The van der Waals surface area contributed by atoms with Gasteiger partial charge in [0.2, 0.25) is 0 Å². The van der Waals surface area contributed by atoms with Gasteiger partial charge in [-0.1, -0.05) is 53.6 Å². The number of carbonyl (C=O) groups is 1. The molecule has 0 spiro atoms. The van der Waals surface area contributed by atoms with Gasteiger partial charge in [0.1, 0.15) is 6.61 Å². The molecule has 1 N–H and O–H groups in total. The van der Waals surface area contributed by atoms with Crippen molar-refractivity contribution >= 4 is 12.1 Å². The van der Waals surface area contributed by atoms with Crippen LogP contribution in [0.5, 0.6) is 11.5 Å². The number of carbonyl (C=O) groups excluding carboxylic acids is 1. The molecule has 0 bridgehead atoms. The Kier molecular flexibility index (Phi) is 6.63. The lowest BCUT2D eigenvalue weighted by Crippen LogP contribution is -2.17. The van der Waals surface area contributed by atoms with E-state index in [4.69, 9.17) is 9.47 Å². The summed E-state index contributed by atoms with van der Waals surface area (Å²) < 4.78 is 11.5. The summed E-state index contributed by atoms with van der Waals surface area (Å²) in [5, 5.41) is 4.09. The lowest BCUT2D eigenvalue weighted by Gasteiger charge is -2.13. The first kappa shape index (κ1) is 20.1. The molecule has 0 unspecified atom stereocenters. The Bertz CT molecular complexity index is 1010. The van der Waals surface area contributed by atoms with Crippen molar-refractivity contribution in [3.63, 3.8) is 0 Å². The average molecular weight is 388 g/mol. The number of methoxy groups -OCH3 is 1. The standard InChI is InChI=1S/C24H24N2O3/c1-17-10-12-20(13-11-17)24(27)26-25-15-21-8-5-9-22(28-3)23(21)29-16-19-7-4-6-18(2)14-19/h4-15H,16H2,1-3H3,(H,26,27)/b25-15-. The highest BCUT2D eigenvalue weighted by Crippen LogP contribution is 2.30. The summed E-state index contributed by atoms with van der Waals surface area (Å²) in [5.74, 6) is 0.905. The third-order valence-electron chi connectivity index (χ3n) is 4.38. The Labute approximate surface area is 171 Å². The Morgan fingerprint density at radius 2 is 1.76 bits per heavy atom. The normalized spacial score (nSPS) is 10.7. The number of hydrogen-bond acceptors (Lipinski definition) is 4. The van der Waals surface area contributed by atoms with Crippen molar-refractivity contribution in [1.29, 1.82) is 0 Å². The number of amides is 1. The van der Waals surface area contributed by atoms with Gasteiger partial charge in [-0.3, -0.25) is 4.79 Å². The Hall–Kier alpha value is -3.60. The molecule has 0 aromatic heterocycles. The summed E-state index contributed by atoms with van der Waals surface area (Å²) in [6, 6.07) is 21.0. The second kappa shape index (κ2) is 9.55. The number of aryl methyl sites for hydroxylation is 2. The number of para-hydroxylation sites is 1. The number of nitrogens with one attached hydrogen (secondary N) is 1. The summed E-state index contributed by atoms with van der Waals surface area (Å²) in [6.45, 7) is 4.42. The van der Waals surface area contributed by atoms with Gasteiger partial charge in [0.25, 0.3) is 5.91 Å². The van der Waals surface area contributed by atoms with Crippen molar-refractivity contribution in [2.24, 2.45) is 5.10 Å². The lowest BCUT2D eigenvalue weighted by atomic mass is 10.1. The molecular weight excluding hydrogens is 364 g/mol. The van der Waals surface area contributed by atoms with Crippen molar-refractivity contribution in [1.82, 2.24) is 5.43 Å². The molecule has 0 atom stereocenters. The zero-order valence-corrected chi connectivity index (χ0v) is 16.8. The molecule has 148 valence electrons. The summed E-state index contributed by atoms with van der Waals surface area (Å²) in [5.41, 5.74) is 7.14. The third-order valence-corrected chi connectivity index (χ3v) is 4.38. The number of ether oxygens (including phenoxy) is 2. The smallest absolute Gasteiger partial charge is 0.271 e. The van der Waals surface area contributed by atoms with Crippen LogP contribution in [0.4, 0.5) is 0 Å². The number of hydrogen-bond donors (Lipinski definition) is 1. The van der Waals surface area contributed by atoms with E-state index < -0.39 is 0 Å². The van der Waals surface area contributed by atoms with Gasteiger partial charge in [0.05, 0.1) is 13.3 Å². The molecule has 0 fully saturated rings. The fourth-order valence-corrected chi connectivity index (χ4v) is 2.84. The van der Waals surface area contributed by atoms with Gasteiger partial charge in [0, 0.05) is 11.1 Å². The molecule has 3 aromatic carbocycles. The first-order chi connectivity index (χ1) is 14.1. The van der Waals surface area contributed by atoms with Gasteiger partial charge in [0.15, 0.2) is 11.5 Å². The molecular formula is C24H24N2O3. The van der Waals surface area contributed by atoms with Gasteiger partial charge < -0.3 is 9.47 Å². The van der Waals surface area contributed by atoms with Crippen LogP contribution in [0.15, 0.2) is 71.8 Å². The molecule has 3 aromatic rings. The number of benzene rings is 3. The summed E-state index contributed by atoms with van der Waals surface area (Å²) in [6.07, 6.45) is 1.56. The van der Waals surface area contributed by atoms with E-state index in [0.717, 1.165) is 11.1 Å². The summed E-state index contributed by atoms with van der Waals surface area (Å²) in [4.78, 5) is 12.2. The molecule has 3 rings (SSSR count). The Morgan fingerprint density at radius 1 is 1.00 bits per heavy atom. The molecule has 0 radical (unpaired) electrons.